The van der Waals surface area contributed by atoms with Crippen molar-refractivity contribution < 1.29 is 9.53 Å². The van der Waals surface area contributed by atoms with Gasteiger partial charge >= 0.3 is 5.97 Å². The number of carbonyl (C=O) groups is 1. The van der Waals surface area contributed by atoms with Gasteiger partial charge in [-0.1, -0.05) is 19.8 Å². The van der Waals surface area contributed by atoms with Crippen LogP contribution in [0.15, 0.2) is 0 Å². The van der Waals surface area contributed by atoms with Gasteiger partial charge in [0, 0.05) is 0 Å². The van der Waals surface area contributed by atoms with Crippen LogP contribution in [0.5, 0.6) is 0 Å². The van der Waals surface area contributed by atoms with E-state index in [0.717, 1.165) is 18.8 Å². The fraction of sp³-hybridized carbons (Fsp3) is 0.909. The maximum atomic E-state index is 11.4. The summed E-state index contributed by atoms with van der Waals surface area (Å²) < 4.78 is 4.92. The van der Waals surface area contributed by atoms with Gasteiger partial charge in [0.2, 0.25) is 0 Å². The van der Waals surface area contributed by atoms with Crippen molar-refractivity contribution in [3.8, 4) is 0 Å². The lowest BCUT2D eigenvalue weighted by atomic mass is 9.79. The van der Waals surface area contributed by atoms with Gasteiger partial charge in [-0.3, -0.25) is 4.79 Å². The molecule has 0 unspecified atom stereocenters. The van der Waals surface area contributed by atoms with Crippen LogP contribution in [-0.2, 0) is 9.53 Å². The van der Waals surface area contributed by atoms with Gasteiger partial charge in [-0.15, -0.1) is 0 Å². The number of carbonyl (C=O) groups excluding carboxylic acids is 1. The number of hydrogen-bond donors (Lipinski definition) is 1. The van der Waals surface area contributed by atoms with Crippen molar-refractivity contribution in [1.82, 2.24) is 0 Å². The molecule has 0 bridgehead atoms. The molecule has 0 radical (unpaired) electrons. The van der Waals surface area contributed by atoms with E-state index in [9.17, 15) is 4.79 Å². The summed E-state index contributed by atoms with van der Waals surface area (Å²) in [5.41, 5.74) is 5.85. The van der Waals surface area contributed by atoms with E-state index in [0.29, 0.717) is 12.5 Å². The van der Waals surface area contributed by atoms with E-state index in [1.807, 2.05) is 6.92 Å². The monoisotopic (exact) mass is 199 g/mol. The molecule has 0 saturated heterocycles. The Balaban J connectivity index is 2.37. The van der Waals surface area contributed by atoms with Crippen LogP contribution in [0.1, 0.15) is 39.5 Å². The van der Waals surface area contributed by atoms with E-state index in [4.69, 9.17) is 10.5 Å². The quantitative estimate of drug-likeness (QED) is 0.704. The second-order valence-electron chi connectivity index (χ2n) is 4.30. The molecule has 2 N–H and O–H groups in total. The molecule has 0 aromatic carbocycles. The molecule has 0 amide bonds. The first-order valence-electron chi connectivity index (χ1n) is 5.57. The topological polar surface area (TPSA) is 52.3 Å². The Morgan fingerprint density at radius 1 is 1.43 bits per heavy atom. The zero-order valence-corrected chi connectivity index (χ0v) is 9.16. The molecule has 0 spiro atoms. The van der Waals surface area contributed by atoms with Crippen LogP contribution in [0.3, 0.4) is 0 Å². The summed E-state index contributed by atoms with van der Waals surface area (Å²) in [6, 6.07) is -0.401. The Morgan fingerprint density at radius 2 is 2.00 bits per heavy atom. The highest BCUT2D eigenvalue weighted by atomic mass is 16.5. The number of nitrogens with two attached hydrogens (primary N) is 1. The number of hydrogen-bond acceptors (Lipinski definition) is 3. The molecule has 3 nitrogen and oxygen atoms in total. The van der Waals surface area contributed by atoms with E-state index in [1.54, 1.807) is 0 Å². The van der Waals surface area contributed by atoms with Gasteiger partial charge in [-0.25, -0.2) is 0 Å². The molecule has 1 atom stereocenters. The smallest absolute Gasteiger partial charge is 0.323 e. The third-order valence-electron chi connectivity index (χ3n) is 3.13. The van der Waals surface area contributed by atoms with Crippen molar-refractivity contribution in [2.75, 3.05) is 6.61 Å². The molecular formula is C11H21NO2. The van der Waals surface area contributed by atoms with Crippen LogP contribution >= 0.6 is 0 Å². The van der Waals surface area contributed by atoms with Crippen LogP contribution < -0.4 is 5.73 Å². The zero-order valence-electron chi connectivity index (χ0n) is 9.16. The maximum absolute atomic E-state index is 11.4. The van der Waals surface area contributed by atoms with Crippen LogP contribution in [0.25, 0.3) is 0 Å². The van der Waals surface area contributed by atoms with Crippen molar-refractivity contribution in [2.24, 2.45) is 17.6 Å². The van der Waals surface area contributed by atoms with E-state index < -0.39 is 6.04 Å². The predicted molar refractivity (Wildman–Crippen MR) is 55.7 cm³/mol. The lowest BCUT2D eigenvalue weighted by molar-refractivity contribution is -0.146. The normalized spacial score (nSPS) is 29.6. The number of ether oxygens (including phenoxy) is 1. The van der Waals surface area contributed by atoms with E-state index in [-0.39, 0.29) is 5.97 Å². The van der Waals surface area contributed by atoms with Gasteiger partial charge in [0.15, 0.2) is 0 Å². The minimum atomic E-state index is -0.401. The standard InChI is InChI=1S/C11H21NO2/c1-3-14-11(13)10(12)9-6-4-8(2)5-7-9/h8-10H,3-7,12H2,1-2H3/t8-,9-,10-/m0/s1. The van der Waals surface area contributed by atoms with E-state index >= 15 is 0 Å². The highest BCUT2D eigenvalue weighted by Gasteiger charge is 2.28. The molecular weight excluding hydrogens is 178 g/mol. The van der Waals surface area contributed by atoms with Crippen LogP contribution in [0.2, 0.25) is 0 Å². The minimum absolute atomic E-state index is 0.230. The molecule has 0 aromatic rings. The molecule has 1 fully saturated rings. The molecule has 1 aliphatic carbocycles. The van der Waals surface area contributed by atoms with Crippen molar-refractivity contribution in [3.05, 3.63) is 0 Å². The molecule has 0 aromatic heterocycles. The lowest BCUT2D eigenvalue weighted by Gasteiger charge is -2.29. The maximum Gasteiger partial charge on any atom is 0.323 e. The van der Waals surface area contributed by atoms with Crippen molar-refractivity contribution in [3.63, 3.8) is 0 Å². The summed E-state index contributed by atoms with van der Waals surface area (Å²) >= 11 is 0. The van der Waals surface area contributed by atoms with Crippen LogP contribution in [-0.4, -0.2) is 18.6 Å². The van der Waals surface area contributed by atoms with Crippen molar-refractivity contribution in [1.29, 1.82) is 0 Å². The van der Waals surface area contributed by atoms with Gasteiger partial charge in [0.1, 0.15) is 6.04 Å². The highest BCUT2D eigenvalue weighted by molar-refractivity contribution is 5.75. The highest BCUT2D eigenvalue weighted by Crippen LogP contribution is 2.30. The predicted octanol–water partition coefficient (Wildman–Crippen LogP) is 1.70. The first kappa shape index (κ1) is 11.5. The first-order chi connectivity index (χ1) is 6.65. The molecule has 0 heterocycles. The number of esters is 1. The summed E-state index contributed by atoms with van der Waals surface area (Å²) in [5, 5.41) is 0. The Bertz CT molecular complexity index is 186. The Morgan fingerprint density at radius 3 is 2.50 bits per heavy atom. The summed E-state index contributed by atoms with van der Waals surface area (Å²) in [6.45, 7) is 4.50. The molecule has 3 heteroatoms. The second kappa shape index (κ2) is 5.35. The Hall–Kier alpha value is -0.570. The Labute approximate surface area is 86.0 Å². The molecule has 1 saturated carbocycles. The van der Waals surface area contributed by atoms with E-state index in [2.05, 4.69) is 6.92 Å². The molecule has 14 heavy (non-hydrogen) atoms. The average Bonchev–Trinajstić information content (AvgIpc) is 2.18. The van der Waals surface area contributed by atoms with Gasteiger partial charge in [-0.2, -0.15) is 0 Å². The third kappa shape index (κ3) is 2.98. The molecule has 1 aliphatic rings. The largest absolute Gasteiger partial charge is 0.465 e. The summed E-state index contributed by atoms with van der Waals surface area (Å²) in [5.74, 6) is 0.901. The van der Waals surface area contributed by atoms with Gasteiger partial charge in [0.05, 0.1) is 6.61 Å². The third-order valence-corrected chi connectivity index (χ3v) is 3.13. The SMILES string of the molecule is CCOC(=O)[C@@H](N)[C@H]1CC[C@H](C)CC1. The van der Waals surface area contributed by atoms with Crippen LogP contribution in [0.4, 0.5) is 0 Å². The molecule has 82 valence electrons. The zero-order chi connectivity index (χ0) is 10.6. The Kier molecular flexibility index (Phi) is 4.39. The lowest BCUT2D eigenvalue weighted by Crippen LogP contribution is -2.40. The second-order valence-corrected chi connectivity index (χ2v) is 4.30. The van der Waals surface area contributed by atoms with Crippen molar-refractivity contribution in [2.45, 2.75) is 45.6 Å². The minimum Gasteiger partial charge on any atom is -0.465 e. The average molecular weight is 199 g/mol. The van der Waals surface area contributed by atoms with Gasteiger partial charge < -0.3 is 10.5 Å². The summed E-state index contributed by atoms with van der Waals surface area (Å²) in [4.78, 5) is 11.4. The fourth-order valence-electron chi connectivity index (χ4n) is 2.08. The van der Waals surface area contributed by atoms with E-state index in [1.165, 1.54) is 12.8 Å². The van der Waals surface area contributed by atoms with Gasteiger partial charge in [-0.05, 0) is 31.6 Å². The molecule has 1 rings (SSSR count). The summed E-state index contributed by atoms with van der Waals surface area (Å²) in [6.07, 6.45) is 4.53. The summed E-state index contributed by atoms with van der Waals surface area (Å²) in [7, 11) is 0. The fourth-order valence-corrected chi connectivity index (χ4v) is 2.08. The van der Waals surface area contributed by atoms with Gasteiger partial charge in [0.25, 0.3) is 0 Å². The first-order valence-corrected chi connectivity index (χ1v) is 5.57. The van der Waals surface area contributed by atoms with Crippen LogP contribution in [0, 0.1) is 11.8 Å². The number of rotatable bonds is 3. The molecule has 0 aliphatic heterocycles. The van der Waals surface area contributed by atoms with Crippen molar-refractivity contribution >= 4 is 5.97 Å².